The van der Waals surface area contributed by atoms with E-state index in [1.807, 2.05) is 25.7 Å². The van der Waals surface area contributed by atoms with Gasteiger partial charge in [-0.15, -0.1) is 0 Å². The van der Waals surface area contributed by atoms with E-state index >= 15 is 0 Å². The molecular weight excluding hydrogens is 580 g/mol. The molecule has 44 heavy (non-hydrogen) atoms. The minimum atomic E-state index is -2.60. The zero-order valence-corrected chi connectivity index (χ0v) is 26.3. The van der Waals surface area contributed by atoms with Crippen LogP contribution in [0.3, 0.4) is 0 Å². The molecule has 1 aromatic carbocycles. The van der Waals surface area contributed by atoms with E-state index < -0.39 is 24.2 Å². The monoisotopic (exact) mass is 619 g/mol. The number of amides is 1. The first kappa shape index (κ1) is 27.3. The molecular formula is C33H37ClN6O4. The van der Waals surface area contributed by atoms with E-state index in [1.165, 1.54) is 16.8 Å². The normalized spacial score (nSPS) is 16.9. The van der Waals surface area contributed by atoms with Crippen molar-refractivity contribution in [3.8, 4) is 16.9 Å². The Morgan fingerprint density at radius 1 is 1.18 bits per heavy atom. The van der Waals surface area contributed by atoms with Crippen LogP contribution in [0.25, 0.3) is 28.0 Å². The van der Waals surface area contributed by atoms with Gasteiger partial charge in [-0.05, 0) is 58.2 Å². The van der Waals surface area contributed by atoms with Crippen molar-refractivity contribution in [2.45, 2.75) is 66.0 Å². The van der Waals surface area contributed by atoms with Crippen LogP contribution in [0.1, 0.15) is 73.2 Å². The molecule has 0 spiro atoms. The van der Waals surface area contributed by atoms with Crippen molar-refractivity contribution in [3.05, 3.63) is 74.9 Å². The molecule has 4 heterocycles. The van der Waals surface area contributed by atoms with Gasteiger partial charge in [0.1, 0.15) is 11.4 Å². The first-order valence-electron chi connectivity index (χ1n) is 15.9. The highest BCUT2D eigenvalue weighted by Gasteiger charge is 2.33. The lowest BCUT2D eigenvalue weighted by Gasteiger charge is -2.41. The number of carbonyl (C=O) groups is 2. The van der Waals surface area contributed by atoms with Crippen LogP contribution < -0.4 is 10.6 Å². The number of piperazine rings is 1. The smallest absolute Gasteiger partial charge is 0.410 e. The fourth-order valence-corrected chi connectivity index (χ4v) is 5.68. The van der Waals surface area contributed by atoms with Gasteiger partial charge >= 0.3 is 11.8 Å². The summed E-state index contributed by atoms with van der Waals surface area (Å²) in [6, 6.07) is 9.50. The van der Waals surface area contributed by atoms with Gasteiger partial charge in [-0.1, -0.05) is 49.7 Å². The van der Waals surface area contributed by atoms with Gasteiger partial charge in [0.05, 0.1) is 27.5 Å². The zero-order chi connectivity index (χ0) is 34.4. The summed E-state index contributed by atoms with van der Waals surface area (Å²) in [6.07, 6.45) is 1.67. The fraction of sp³-hybridized carbons (Fsp3) is 0.394. The molecule has 0 bridgehead atoms. The number of halogens is 1. The van der Waals surface area contributed by atoms with Crippen molar-refractivity contribution in [2.24, 2.45) is 0 Å². The summed E-state index contributed by atoms with van der Waals surface area (Å²) >= 11 is 6.88. The summed E-state index contributed by atoms with van der Waals surface area (Å²) in [7, 11) is 0. The highest BCUT2D eigenvalue weighted by Crippen LogP contribution is 2.36. The van der Waals surface area contributed by atoms with Gasteiger partial charge in [0, 0.05) is 47.1 Å². The van der Waals surface area contributed by atoms with Crippen molar-refractivity contribution in [1.29, 1.82) is 0 Å². The summed E-state index contributed by atoms with van der Waals surface area (Å²) in [6.45, 7) is 9.36. The second kappa shape index (κ2) is 12.0. The largest absolute Gasteiger partial charge is 0.444 e. The average Bonchev–Trinajstić information content (AvgIpc) is 2.99. The molecule has 1 amide bonds. The number of carbonyl (C=O) groups excluding carboxylic acids is 2. The second-order valence-corrected chi connectivity index (χ2v) is 12.6. The number of benzene rings is 1. The Bertz CT molecular complexity index is 1920. The van der Waals surface area contributed by atoms with Gasteiger partial charge in [0.25, 0.3) is 0 Å². The molecule has 230 valence electrons. The number of aromatic nitrogens is 4. The Kier molecular flexibility index (Phi) is 7.43. The lowest BCUT2D eigenvalue weighted by atomic mass is 10.0. The molecule has 5 rings (SSSR count). The number of fused-ring (bicyclic) bond motifs is 1. The number of ether oxygens (including phenoxy) is 1. The summed E-state index contributed by atoms with van der Waals surface area (Å²) in [5, 5.41) is 0.584. The Labute approximate surface area is 265 Å². The number of hydrogen-bond acceptors (Lipinski definition) is 8. The SMILES string of the molecule is [2H]C([2H])([2H])c1ccnc(C(C)C)c1-n1c(=O)nc(N2CCN(C(=O)OC(C)(C)C)C[C@@H]2C)c2cc(Cl)c(-c3ccccc3C=O)nc21. The fourth-order valence-electron chi connectivity index (χ4n) is 5.42. The number of nitrogens with zero attached hydrogens (tertiary/aromatic N) is 6. The third kappa shape index (κ3) is 5.91. The first-order valence-corrected chi connectivity index (χ1v) is 14.8. The number of anilines is 1. The number of pyridine rings is 2. The van der Waals surface area contributed by atoms with E-state index in [1.54, 1.807) is 56.0 Å². The number of rotatable bonds is 5. The molecule has 0 unspecified atom stereocenters. The molecule has 1 fully saturated rings. The Morgan fingerprint density at radius 2 is 1.93 bits per heavy atom. The van der Waals surface area contributed by atoms with Gasteiger partial charge in [0.15, 0.2) is 11.9 Å². The molecule has 3 aromatic heterocycles. The molecule has 1 aliphatic heterocycles. The highest BCUT2D eigenvalue weighted by atomic mass is 35.5. The second-order valence-electron chi connectivity index (χ2n) is 12.2. The Balaban J connectivity index is 1.79. The Hall–Kier alpha value is -4.31. The van der Waals surface area contributed by atoms with Gasteiger partial charge in [-0.3, -0.25) is 9.78 Å². The third-order valence-electron chi connectivity index (χ3n) is 7.42. The van der Waals surface area contributed by atoms with Crippen molar-refractivity contribution in [1.82, 2.24) is 24.4 Å². The summed E-state index contributed by atoms with van der Waals surface area (Å²) in [5.41, 5.74) is 0.0612. The first-order chi connectivity index (χ1) is 22.0. The zero-order valence-electron chi connectivity index (χ0n) is 28.6. The average molecular weight is 620 g/mol. The van der Waals surface area contributed by atoms with Gasteiger partial charge in [-0.25, -0.2) is 19.1 Å². The molecule has 0 N–H and O–H groups in total. The van der Waals surface area contributed by atoms with Crippen LogP contribution in [-0.2, 0) is 4.74 Å². The predicted molar refractivity (Wildman–Crippen MR) is 172 cm³/mol. The van der Waals surface area contributed by atoms with Crippen molar-refractivity contribution < 1.29 is 18.4 Å². The predicted octanol–water partition coefficient (Wildman–Crippen LogP) is 6.19. The van der Waals surface area contributed by atoms with Crippen molar-refractivity contribution >= 4 is 40.8 Å². The molecule has 4 aromatic rings. The van der Waals surface area contributed by atoms with Gasteiger partial charge < -0.3 is 14.5 Å². The van der Waals surface area contributed by atoms with Gasteiger partial charge in [0.2, 0.25) is 0 Å². The summed E-state index contributed by atoms with van der Waals surface area (Å²) in [5.74, 6) is 0.0186. The molecule has 0 saturated carbocycles. The van der Waals surface area contributed by atoms with E-state index in [0.717, 1.165) is 0 Å². The molecule has 0 radical (unpaired) electrons. The van der Waals surface area contributed by atoms with Gasteiger partial charge in [-0.2, -0.15) is 4.98 Å². The van der Waals surface area contributed by atoms with E-state index in [4.69, 9.17) is 25.4 Å². The molecule has 11 heteroatoms. The van der Waals surface area contributed by atoms with Crippen LogP contribution in [-0.4, -0.2) is 68.1 Å². The van der Waals surface area contributed by atoms with E-state index in [-0.39, 0.29) is 45.4 Å². The van der Waals surface area contributed by atoms with Crippen LogP contribution in [0.5, 0.6) is 0 Å². The van der Waals surface area contributed by atoms with E-state index in [0.29, 0.717) is 48.1 Å². The molecule has 10 nitrogen and oxygen atoms in total. The van der Waals surface area contributed by atoms with Crippen molar-refractivity contribution in [2.75, 3.05) is 24.5 Å². The minimum absolute atomic E-state index is 0.0730. The molecule has 1 aliphatic rings. The van der Waals surface area contributed by atoms with Crippen LogP contribution in [0, 0.1) is 6.85 Å². The van der Waals surface area contributed by atoms with Crippen LogP contribution in [0.2, 0.25) is 5.02 Å². The third-order valence-corrected chi connectivity index (χ3v) is 7.71. The van der Waals surface area contributed by atoms with Crippen molar-refractivity contribution in [3.63, 3.8) is 0 Å². The number of aryl methyl sites for hydroxylation is 1. The number of aldehydes is 1. The standard InChI is InChI=1S/C33H37ClN6O4/c1-19(2)26-28(20(3)12-13-35-26)40-30-24(16-25(34)27(36-30)23-11-9-8-10-22(23)18-41)29(37-31(40)42)39-15-14-38(17-21(39)4)32(43)44-33(5,6)7/h8-13,16,18-19,21H,14-15,17H2,1-7H3/t21-/m0/s1/i3D3. The topological polar surface area (TPSA) is 111 Å². The van der Waals surface area contributed by atoms with Crippen LogP contribution in [0.15, 0.2) is 47.4 Å². The molecule has 0 aliphatic carbocycles. The summed E-state index contributed by atoms with van der Waals surface area (Å²) in [4.78, 5) is 56.5. The van der Waals surface area contributed by atoms with E-state index in [2.05, 4.69) is 9.97 Å². The van der Waals surface area contributed by atoms with Crippen LogP contribution in [0.4, 0.5) is 10.6 Å². The maximum Gasteiger partial charge on any atom is 0.410 e. The quantitative estimate of drug-likeness (QED) is 0.243. The highest BCUT2D eigenvalue weighted by molar-refractivity contribution is 6.34. The minimum Gasteiger partial charge on any atom is -0.444 e. The number of hydrogen-bond donors (Lipinski definition) is 0. The lowest BCUT2D eigenvalue weighted by Crippen LogP contribution is -2.55. The molecule has 1 atom stereocenters. The molecule has 1 saturated heterocycles. The maximum absolute atomic E-state index is 14.2. The Morgan fingerprint density at radius 3 is 2.59 bits per heavy atom. The lowest BCUT2D eigenvalue weighted by molar-refractivity contribution is 0.0218. The summed E-state index contributed by atoms with van der Waals surface area (Å²) < 4.78 is 31.7. The maximum atomic E-state index is 14.2. The van der Waals surface area contributed by atoms with E-state index in [9.17, 15) is 14.4 Å². The van der Waals surface area contributed by atoms with Crippen LogP contribution >= 0.6 is 11.6 Å².